The summed E-state index contributed by atoms with van der Waals surface area (Å²) in [5.41, 5.74) is -0.108. The van der Waals surface area contributed by atoms with Crippen LogP contribution in [-0.4, -0.2) is 16.8 Å². The molecule has 0 saturated carbocycles. The Labute approximate surface area is 85.6 Å². The van der Waals surface area contributed by atoms with Crippen LogP contribution < -0.4 is 0 Å². The van der Waals surface area contributed by atoms with Gasteiger partial charge >= 0.3 is 6.18 Å². The van der Waals surface area contributed by atoms with E-state index in [1.54, 1.807) is 0 Å². The molecule has 0 fully saturated rings. The number of nitrogens with one attached hydrogen (secondary N) is 1. The highest BCUT2D eigenvalue weighted by atomic mass is 19.4. The number of alkyl halides is 3. The van der Waals surface area contributed by atoms with Crippen LogP contribution >= 0.6 is 0 Å². The number of aromatic amines is 1. The second-order valence-electron chi connectivity index (χ2n) is 2.83. The number of aromatic nitrogens is 2. The van der Waals surface area contributed by atoms with E-state index in [2.05, 4.69) is 10.2 Å². The van der Waals surface area contributed by atoms with E-state index in [1.165, 1.54) is 0 Å². The Morgan fingerprint density at radius 2 is 2.00 bits per heavy atom. The molecule has 0 aliphatic carbocycles. The molecule has 0 atom stereocenters. The van der Waals surface area contributed by atoms with Gasteiger partial charge in [-0.25, -0.2) is 0 Å². The van der Waals surface area contributed by atoms with Gasteiger partial charge in [-0.3, -0.25) is 5.10 Å². The summed E-state index contributed by atoms with van der Waals surface area (Å²) in [6.45, 7) is 4.52. The molecule has 0 spiro atoms. The van der Waals surface area contributed by atoms with Gasteiger partial charge < -0.3 is 4.74 Å². The van der Waals surface area contributed by atoms with Gasteiger partial charge in [0.15, 0.2) is 5.69 Å². The van der Waals surface area contributed by atoms with Gasteiger partial charge in [-0.1, -0.05) is 13.8 Å². The Morgan fingerprint density at radius 3 is 2.60 bits per heavy atom. The summed E-state index contributed by atoms with van der Waals surface area (Å²) in [5, 5.41) is 5.58. The number of hydrogen-bond donors (Lipinski definition) is 1. The van der Waals surface area contributed by atoms with Crippen LogP contribution in [0.4, 0.5) is 13.2 Å². The molecule has 1 N–H and O–H groups in total. The van der Waals surface area contributed by atoms with Gasteiger partial charge in [0.25, 0.3) is 0 Å². The Bertz CT molecular complexity index is 320. The summed E-state index contributed by atoms with van der Waals surface area (Å²) in [7, 11) is 0. The summed E-state index contributed by atoms with van der Waals surface area (Å²) in [5.74, 6) is 0. The Balaban J connectivity index is 0.000000531. The van der Waals surface area contributed by atoms with Crippen molar-refractivity contribution in [2.75, 3.05) is 6.61 Å². The van der Waals surface area contributed by atoms with Crippen molar-refractivity contribution in [3.63, 3.8) is 0 Å². The van der Waals surface area contributed by atoms with Crippen LogP contribution in [-0.2, 0) is 23.9 Å². The van der Waals surface area contributed by atoms with E-state index in [0.29, 0.717) is 12.3 Å². The zero-order valence-corrected chi connectivity index (χ0v) is 8.61. The first-order chi connectivity index (χ1) is 7.09. The van der Waals surface area contributed by atoms with Gasteiger partial charge in [-0.05, 0) is 6.42 Å². The highest BCUT2D eigenvalue weighted by Gasteiger charge is 2.38. The van der Waals surface area contributed by atoms with Crippen molar-refractivity contribution in [1.82, 2.24) is 10.2 Å². The minimum absolute atomic E-state index is 0.193. The molecule has 0 bridgehead atoms. The lowest BCUT2D eigenvalue weighted by atomic mass is 10.1. The van der Waals surface area contributed by atoms with Gasteiger partial charge in [0, 0.05) is 5.56 Å². The van der Waals surface area contributed by atoms with Crippen LogP contribution in [0.5, 0.6) is 0 Å². The third-order valence-electron chi connectivity index (χ3n) is 1.96. The fraction of sp³-hybridized carbons (Fsp3) is 0.667. The number of H-pyrrole nitrogens is 1. The molecular formula is C9H13F3N2O. The molecule has 6 heteroatoms. The second-order valence-corrected chi connectivity index (χ2v) is 2.83. The average molecular weight is 222 g/mol. The molecule has 2 heterocycles. The molecule has 1 aromatic rings. The quantitative estimate of drug-likeness (QED) is 0.732. The summed E-state index contributed by atoms with van der Waals surface area (Å²) < 4.78 is 41.8. The number of nitrogens with zero attached hydrogens (tertiary/aromatic N) is 1. The van der Waals surface area contributed by atoms with Crippen molar-refractivity contribution in [2.45, 2.75) is 33.1 Å². The van der Waals surface area contributed by atoms with Crippen molar-refractivity contribution < 1.29 is 17.9 Å². The molecule has 0 radical (unpaired) electrons. The maximum absolute atomic E-state index is 12.3. The highest BCUT2D eigenvalue weighted by Crippen LogP contribution is 2.33. The fourth-order valence-electron chi connectivity index (χ4n) is 1.37. The third-order valence-corrected chi connectivity index (χ3v) is 1.96. The first-order valence-corrected chi connectivity index (χ1v) is 4.80. The second kappa shape index (κ2) is 4.65. The zero-order valence-electron chi connectivity index (χ0n) is 8.61. The van der Waals surface area contributed by atoms with Crippen molar-refractivity contribution >= 4 is 0 Å². The van der Waals surface area contributed by atoms with Gasteiger partial charge in [-0.15, -0.1) is 0 Å². The fourth-order valence-corrected chi connectivity index (χ4v) is 1.37. The molecule has 15 heavy (non-hydrogen) atoms. The predicted octanol–water partition coefficient (Wildman–Crippen LogP) is 2.53. The summed E-state index contributed by atoms with van der Waals surface area (Å²) >= 11 is 0. The van der Waals surface area contributed by atoms with Gasteiger partial charge in [0.2, 0.25) is 0 Å². The van der Waals surface area contributed by atoms with Crippen LogP contribution in [0, 0.1) is 0 Å². The summed E-state index contributed by atoms with van der Waals surface area (Å²) in [6.07, 6.45) is -4.08. The largest absolute Gasteiger partial charge is 0.435 e. The lowest BCUT2D eigenvalue weighted by molar-refractivity contribution is -0.142. The molecule has 1 aliphatic rings. The zero-order chi connectivity index (χ0) is 11.5. The number of rotatable bonds is 0. The topological polar surface area (TPSA) is 37.9 Å². The SMILES string of the molecule is CC.FC(F)(F)c1n[nH]c2c1CCOC2. The number of ether oxygens (including phenoxy) is 1. The lowest BCUT2D eigenvalue weighted by Gasteiger charge is -2.13. The van der Waals surface area contributed by atoms with E-state index in [4.69, 9.17) is 4.74 Å². The molecular weight excluding hydrogens is 209 g/mol. The molecule has 0 unspecified atom stereocenters. The van der Waals surface area contributed by atoms with E-state index in [0.717, 1.165) is 0 Å². The highest BCUT2D eigenvalue weighted by molar-refractivity contribution is 5.28. The Kier molecular flexibility index (Phi) is 3.73. The minimum atomic E-state index is -4.36. The smallest absolute Gasteiger partial charge is 0.375 e. The van der Waals surface area contributed by atoms with Crippen LogP contribution in [0.1, 0.15) is 30.8 Å². The molecule has 3 nitrogen and oxygen atoms in total. The number of halogens is 3. The van der Waals surface area contributed by atoms with E-state index in [1.807, 2.05) is 13.8 Å². The summed E-state index contributed by atoms with van der Waals surface area (Å²) in [4.78, 5) is 0. The molecule has 1 aliphatic heterocycles. The maximum Gasteiger partial charge on any atom is 0.435 e. The average Bonchev–Trinajstić information content (AvgIpc) is 2.63. The molecule has 0 amide bonds. The van der Waals surface area contributed by atoms with Gasteiger partial charge in [0.1, 0.15) is 0 Å². The summed E-state index contributed by atoms with van der Waals surface area (Å²) in [6, 6.07) is 0. The van der Waals surface area contributed by atoms with Crippen LogP contribution in [0.25, 0.3) is 0 Å². The Morgan fingerprint density at radius 1 is 1.33 bits per heavy atom. The molecule has 1 aromatic heterocycles. The first kappa shape index (κ1) is 12.0. The predicted molar refractivity (Wildman–Crippen MR) is 48.3 cm³/mol. The number of fused-ring (bicyclic) bond motifs is 1. The molecule has 0 aromatic carbocycles. The molecule has 86 valence electrons. The van der Waals surface area contributed by atoms with Crippen molar-refractivity contribution in [2.24, 2.45) is 0 Å². The molecule has 0 saturated heterocycles. The van der Waals surface area contributed by atoms with E-state index >= 15 is 0 Å². The first-order valence-electron chi connectivity index (χ1n) is 4.80. The van der Waals surface area contributed by atoms with Crippen molar-refractivity contribution in [3.8, 4) is 0 Å². The standard InChI is InChI=1S/C7H7F3N2O.C2H6/c8-7(9,10)6-4-1-2-13-3-5(4)11-12-6;1-2/h1-3H2,(H,11,12);1-2H3. The number of hydrogen-bond acceptors (Lipinski definition) is 2. The van der Waals surface area contributed by atoms with Gasteiger partial charge in [0.05, 0.1) is 18.9 Å². The van der Waals surface area contributed by atoms with Crippen LogP contribution in [0.3, 0.4) is 0 Å². The minimum Gasteiger partial charge on any atom is -0.375 e. The van der Waals surface area contributed by atoms with Crippen LogP contribution in [0.15, 0.2) is 0 Å². The lowest BCUT2D eigenvalue weighted by Crippen LogP contribution is -2.14. The van der Waals surface area contributed by atoms with Crippen molar-refractivity contribution in [1.29, 1.82) is 0 Å². The van der Waals surface area contributed by atoms with E-state index in [-0.39, 0.29) is 18.6 Å². The monoisotopic (exact) mass is 222 g/mol. The van der Waals surface area contributed by atoms with E-state index in [9.17, 15) is 13.2 Å². The van der Waals surface area contributed by atoms with E-state index < -0.39 is 11.9 Å². The van der Waals surface area contributed by atoms with Crippen molar-refractivity contribution in [3.05, 3.63) is 17.0 Å². The van der Waals surface area contributed by atoms with Gasteiger partial charge in [-0.2, -0.15) is 18.3 Å². The molecule has 2 rings (SSSR count). The third kappa shape index (κ3) is 2.50. The normalized spacial score (nSPS) is 15.3. The van der Waals surface area contributed by atoms with Crippen LogP contribution in [0.2, 0.25) is 0 Å². The maximum atomic E-state index is 12.3. The Hall–Kier alpha value is -1.04.